The minimum absolute atomic E-state index is 0.0774. The molecule has 5 aliphatic rings. The van der Waals surface area contributed by atoms with Gasteiger partial charge in [-0.3, -0.25) is 4.79 Å². The third-order valence-corrected chi connectivity index (χ3v) is 12.8. The van der Waals surface area contributed by atoms with Crippen LogP contribution < -0.4 is 0 Å². The first-order valence-electron chi connectivity index (χ1n) is 13.6. The molecule has 8 atom stereocenters. The fourth-order valence-corrected chi connectivity index (χ4v) is 11.0. The molecule has 0 amide bonds. The molecule has 5 rings (SSSR count). The van der Waals surface area contributed by atoms with Crippen molar-refractivity contribution in [3.63, 3.8) is 0 Å². The van der Waals surface area contributed by atoms with E-state index in [9.17, 15) is 4.79 Å². The van der Waals surface area contributed by atoms with Crippen LogP contribution in [0, 0.1) is 50.7 Å². The van der Waals surface area contributed by atoms with Crippen LogP contribution in [-0.2, 0) is 4.79 Å². The van der Waals surface area contributed by atoms with E-state index in [0.29, 0.717) is 33.4 Å². The van der Waals surface area contributed by atoms with E-state index in [1.165, 1.54) is 69.8 Å². The van der Waals surface area contributed by atoms with Crippen LogP contribution in [0.5, 0.6) is 0 Å². The van der Waals surface area contributed by atoms with Crippen molar-refractivity contribution < 1.29 is 4.79 Å². The highest BCUT2D eigenvalue weighted by atomic mass is 16.1. The lowest BCUT2D eigenvalue weighted by Gasteiger charge is -2.62. The molecule has 0 bridgehead atoms. The van der Waals surface area contributed by atoms with Gasteiger partial charge in [-0.1, -0.05) is 46.3 Å². The number of ketones is 1. The number of rotatable bonds is 4. The van der Waals surface area contributed by atoms with Gasteiger partial charge in [-0.15, -0.1) is 0 Å². The average molecular weight is 425 g/mol. The maximum atomic E-state index is 12.8. The molecule has 0 aromatic heterocycles. The van der Waals surface area contributed by atoms with E-state index >= 15 is 0 Å². The van der Waals surface area contributed by atoms with Gasteiger partial charge in [0.25, 0.3) is 0 Å². The molecule has 0 saturated heterocycles. The Labute approximate surface area is 192 Å². The zero-order chi connectivity index (χ0) is 22.4. The first-order valence-corrected chi connectivity index (χ1v) is 13.6. The molecule has 174 valence electrons. The van der Waals surface area contributed by atoms with Gasteiger partial charge in [0.15, 0.2) is 0 Å². The van der Waals surface area contributed by atoms with Gasteiger partial charge in [0.05, 0.1) is 0 Å². The Morgan fingerprint density at radius 3 is 2.32 bits per heavy atom. The van der Waals surface area contributed by atoms with Crippen molar-refractivity contribution in [2.75, 3.05) is 0 Å². The van der Waals surface area contributed by atoms with Crippen LogP contribution in [0.25, 0.3) is 0 Å². The average Bonchev–Trinajstić information content (AvgIpc) is 3.27. The number of Topliss-reactive ketones (excluding diaryl/α,β-unsaturated/α-hetero) is 1. The maximum Gasteiger partial charge on any atom is 0.138 e. The number of allylic oxidation sites excluding steroid dienone is 2. The minimum Gasteiger partial charge on any atom is -0.299 e. The monoisotopic (exact) mass is 424 g/mol. The summed E-state index contributed by atoms with van der Waals surface area (Å²) in [4.78, 5) is 12.8. The second-order valence-corrected chi connectivity index (χ2v) is 14.1. The summed E-state index contributed by atoms with van der Waals surface area (Å²) in [5.74, 6) is 3.87. The normalized spacial score (nSPS) is 50.5. The third kappa shape index (κ3) is 2.64. The quantitative estimate of drug-likeness (QED) is 0.414. The van der Waals surface area contributed by atoms with Gasteiger partial charge >= 0.3 is 0 Å². The molecule has 5 saturated carbocycles. The van der Waals surface area contributed by atoms with E-state index in [2.05, 4.69) is 54.5 Å². The predicted molar refractivity (Wildman–Crippen MR) is 130 cm³/mol. The molecule has 0 aromatic carbocycles. The van der Waals surface area contributed by atoms with Crippen LogP contribution in [0.1, 0.15) is 119 Å². The van der Waals surface area contributed by atoms with Gasteiger partial charge in [-0.2, -0.15) is 0 Å². The standard InChI is InChI=1S/C30H48O/c1-20(2)9-8-10-21(3)22-13-15-28(7)24-12-11-23-26(4,5)25(31)14-16-29(23)19-30(24,29)18-17-27(22,28)6/h9,21-24H,8,10-19H2,1-7H3/t21-,22+,23-,24-,27+,28-,29+,30-/m0/s1. The molecule has 0 heterocycles. The predicted octanol–water partition coefficient (Wildman–Crippen LogP) is 8.38. The van der Waals surface area contributed by atoms with Gasteiger partial charge in [0.2, 0.25) is 0 Å². The third-order valence-electron chi connectivity index (χ3n) is 12.8. The van der Waals surface area contributed by atoms with E-state index in [4.69, 9.17) is 0 Å². The van der Waals surface area contributed by atoms with Crippen LogP contribution in [0.15, 0.2) is 11.6 Å². The molecular formula is C30H48O. The molecule has 0 aliphatic heterocycles. The SMILES string of the molecule is CC(C)=CCC[C@H](C)[C@H]1CC[C@@]2(C)[C@@H]3CC[C@H]4C(C)(C)C(=O)CC[C@@]45C[C@@]35CC[C@]12C. The molecule has 31 heavy (non-hydrogen) atoms. The van der Waals surface area contributed by atoms with Crippen LogP contribution in [0.3, 0.4) is 0 Å². The first kappa shape index (κ1) is 22.2. The molecule has 5 aliphatic carbocycles. The Balaban J connectivity index is 1.41. The van der Waals surface area contributed by atoms with Crippen molar-refractivity contribution in [3.8, 4) is 0 Å². The Morgan fingerprint density at radius 1 is 0.935 bits per heavy atom. The Morgan fingerprint density at radius 2 is 1.61 bits per heavy atom. The van der Waals surface area contributed by atoms with Gasteiger partial charge in [0.1, 0.15) is 5.78 Å². The van der Waals surface area contributed by atoms with Crippen molar-refractivity contribution in [2.45, 2.75) is 119 Å². The van der Waals surface area contributed by atoms with E-state index in [1.807, 2.05) is 0 Å². The second-order valence-electron chi connectivity index (χ2n) is 14.1. The van der Waals surface area contributed by atoms with Crippen molar-refractivity contribution in [2.24, 2.45) is 50.7 Å². The summed E-state index contributed by atoms with van der Waals surface area (Å²) in [5, 5.41) is 0. The summed E-state index contributed by atoms with van der Waals surface area (Å²) in [6.45, 7) is 17.1. The van der Waals surface area contributed by atoms with Crippen molar-refractivity contribution >= 4 is 5.78 Å². The Hall–Kier alpha value is -0.590. The molecule has 1 nitrogen and oxygen atoms in total. The molecular weight excluding hydrogens is 376 g/mol. The molecule has 0 unspecified atom stereocenters. The van der Waals surface area contributed by atoms with Crippen LogP contribution in [0.2, 0.25) is 0 Å². The van der Waals surface area contributed by atoms with E-state index in [-0.39, 0.29) is 5.41 Å². The lowest BCUT2D eigenvalue weighted by Crippen LogP contribution is -2.57. The van der Waals surface area contributed by atoms with Gasteiger partial charge < -0.3 is 0 Å². The number of hydrogen-bond donors (Lipinski definition) is 0. The highest BCUT2D eigenvalue weighted by Crippen LogP contribution is 2.88. The van der Waals surface area contributed by atoms with Gasteiger partial charge in [0, 0.05) is 11.8 Å². The highest BCUT2D eigenvalue weighted by Gasteiger charge is 2.82. The zero-order valence-electron chi connectivity index (χ0n) is 21.6. The van der Waals surface area contributed by atoms with Crippen molar-refractivity contribution in [3.05, 3.63) is 11.6 Å². The topological polar surface area (TPSA) is 17.1 Å². The molecule has 0 radical (unpaired) electrons. The molecule has 1 heteroatoms. The van der Waals surface area contributed by atoms with Gasteiger partial charge in [-0.25, -0.2) is 0 Å². The van der Waals surface area contributed by atoms with Gasteiger partial charge in [-0.05, 0) is 123 Å². The molecule has 0 aromatic rings. The minimum atomic E-state index is -0.0774. The summed E-state index contributed by atoms with van der Waals surface area (Å²) >= 11 is 0. The van der Waals surface area contributed by atoms with Crippen molar-refractivity contribution in [1.82, 2.24) is 0 Å². The smallest absolute Gasteiger partial charge is 0.138 e. The number of hydrogen-bond acceptors (Lipinski definition) is 1. The molecule has 0 N–H and O–H groups in total. The molecule has 2 spiro atoms. The van der Waals surface area contributed by atoms with Crippen LogP contribution >= 0.6 is 0 Å². The largest absolute Gasteiger partial charge is 0.299 e. The highest BCUT2D eigenvalue weighted by molar-refractivity contribution is 5.86. The van der Waals surface area contributed by atoms with Crippen LogP contribution in [0.4, 0.5) is 0 Å². The summed E-state index contributed by atoms with van der Waals surface area (Å²) in [6.07, 6.45) is 17.1. The molecule has 5 fully saturated rings. The lowest BCUT2D eigenvalue weighted by molar-refractivity contribution is -0.157. The van der Waals surface area contributed by atoms with E-state index in [1.54, 1.807) is 0 Å². The maximum absolute atomic E-state index is 12.8. The summed E-state index contributed by atoms with van der Waals surface area (Å²) in [7, 11) is 0. The first-order chi connectivity index (χ1) is 14.4. The van der Waals surface area contributed by atoms with Crippen LogP contribution in [-0.4, -0.2) is 5.78 Å². The number of carbonyl (C=O) groups excluding carboxylic acids is 1. The summed E-state index contributed by atoms with van der Waals surface area (Å²) in [5.41, 5.74) is 3.53. The Bertz CT molecular complexity index is 801. The second kappa shape index (κ2) is 6.73. The zero-order valence-corrected chi connectivity index (χ0v) is 21.6. The van der Waals surface area contributed by atoms with Crippen molar-refractivity contribution in [1.29, 1.82) is 0 Å². The summed E-state index contributed by atoms with van der Waals surface area (Å²) in [6, 6.07) is 0. The lowest BCUT2D eigenvalue weighted by atomic mass is 9.42. The Kier molecular flexibility index (Phi) is 4.82. The fourth-order valence-electron chi connectivity index (χ4n) is 11.0. The fraction of sp³-hybridized carbons (Fsp3) is 0.900. The van der Waals surface area contributed by atoms with E-state index in [0.717, 1.165) is 24.2 Å². The number of fused-ring (bicyclic) bond motifs is 2. The number of carbonyl (C=O) groups is 1. The summed E-state index contributed by atoms with van der Waals surface area (Å²) < 4.78 is 0. The van der Waals surface area contributed by atoms with E-state index < -0.39 is 0 Å².